The molecule has 0 aromatic carbocycles. The maximum atomic E-state index is 12.3. The van der Waals surface area contributed by atoms with Gasteiger partial charge in [0.25, 0.3) is 0 Å². The SMILES string of the molecule is CC(C(=O)NCCN(CCO)C(=O)C(C)C1CC1)C1CC1. The fourth-order valence-corrected chi connectivity index (χ4v) is 2.82. The Morgan fingerprint density at radius 3 is 2.19 bits per heavy atom. The number of amides is 2. The van der Waals surface area contributed by atoms with Crippen molar-refractivity contribution in [1.82, 2.24) is 10.2 Å². The summed E-state index contributed by atoms with van der Waals surface area (Å²) in [6.45, 7) is 5.22. The highest BCUT2D eigenvalue weighted by Gasteiger charge is 2.35. The van der Waals surface area contributed by atoms with Crippen molar-refractivity contribution >= 4 is 11.8 Å². The van der Waals surface area contributed by atoms with E-state index in [4.69, 9.17) is 5.11 Å². The molecule has 2 saturated carbocycles. The zero-order valence-corrected chi connectivity index (χ0v) is 13.2. The van der Waals surface area contributed by atoms with E-state index in [1.165, 1.54) is 0 Å². The summed E-state index contributed by atoms with van der Waals surface area (Å²) < 4.78 is 0. The lowest BCUT2D eigenvalue weighted by Gasteiger charge is -2.25. The van der Waals surface area contributed by atoms with Gasteiger partial charge < -0.3 is 15.3 Å². The van der Waals surface area contributed by atoms with Crippen LogP contribution < -0.4 is 5.32 Å². The van der Waals surface area contributed by atoms with E-state index in [0.29, 0.717) is 31.5 Å². The Morgan fingerprint density at radius 1 is 1.10 bits per heavy atom. The van der Waals surface area contributed by atoms with Crippen molar-refractivity contribution in [1.29, 1.82) is 0 Å². The van der Waals surface area contributed by atoms with Gasteiger partial charge in [0.2, 0.25) is 11.8 Å². The van der Waals surface area contributed by atoms with E-state index < -0.39 is 0 Å². The first-order valence-corrected chi connectivity index (χ1v) is 8.22. The number of hydrogen-bond acceptors (Lipinski definition) is 3. The van der Waals surface area contributed by atoms with Crippen molar-refractivity contribution in [2.24, 2.45) is 23.7 Å². The van der Waals surface area contributed by atoms with Crippen LogP contribution >= 0.6 is 0 Å². The van der Waals surface area contributed by atoms with Gasteiger partial charge in [0.1, 0.15) is 0 Å². The minimum Gasteiger partial charge on any atom is -0.395 e. The van der Waals surface area contributed by atoms with Crippen LogP contribution in [0.5, 0.6) is 0 Å². The first kappa shape index (κ1) is 16.3. The summed E-state index contributed by atoms with van der Waals surface area (Å²) in [6, 6.07) is 0. The monoisotopic (exact) mass is 296 g/mol. The molecular weight excluding hydrogens is 268 g/mol. The topological polar surface area (TPSA) is 69.6 Å². The van der Waals surface area contributed by atoms with Crippen LogP contribution in [0.25, 0.3) is 0 Å². The van der Waals surface area contributed by atoms with E-state index in [0.717, 1.165) is 25.7 Å². The summed E-state index contributed by atoms with van der Waals surface area (Å²) in [6.07, 6.45) is 4.58. The van der Waals surface area contributed by atoms with Gasteiger partial charge in [-0.05, 0) is 37.5 Å². The second-order valence-corrected chi connectivity index (χ2v) is 6.59. The number of hydrogen-bond donors (Lipinski definition) is 2. The van der Waals surface area contributed by atoms with Crippen LogP contribution in [0.1, 0.15) is 39.5 Å². The number of carbonyl (C=O) groups excluding carboxylic acids is 2. The molecule has 5 nitrogen and oxygen atoms in total. The summed E-state index contributed by atoms with van der Waals surface area (Å²) in [5, 5.41) is 12.0. The van der Waals surface area contributed by atoms with Gasteiger partial charge in [0.05, 0.1) is 6.61 Å². The standard InChI is InChI=1S/C16H28N2O3/c1-11(13-3-4-13)15(20)17-7-8-18(9-10-19)16(21)12(2)14-5-6-14/h11-14,19H,3-10H2,1-2H3,(H,17,20). The minimum absolute atomic E-state index is 0.0322. The Morgan fingerprint density at radius 2 is 1.67 bits per heavy atom. The molecule has 0 radical (unpaired) electrons. The number of nitrogens with one attached hydrogen (secondary N) is 1. The quantitative estimate of drug-likeness (QED) is 0.667. The van der Waals surface area contributed by atoms with Gasteiger partial charge in [-0.15, -0.1) is 0 Å². The summed E-state index contributed by atoms with van der Waals surface area (Å²) in [7, 11) is 0. The summed E-state index contributed by atoms with van der Waals surface area (Å²) in [5.41, 5.74) is 0. The van der Waals surface area contributed by atoms with Crippen LogP contribution in [0.4, 0.5) is 0 Å². The molecule has 2 amide bonds. The van der Waals surface area contributed by atoms with E-state index >= 15 is 0 Å². The van der Waals surface area contributed by atoms with Crippen molar-refractivity contribution < 1.29 is 14.7 Å². The molecule has 0 heterocycles. The number of nitrogens with zero attached hydrogens (tertiary/aromatic N) is 1. The molecule has 2 aliphatic carbocycles. The molecule has 0 aliphatic heterocycles. The number of carbonyl (C=O) groups is 2. The molecule has 21 heavy (non-hydrogen) atoms. The largest absolute Gasteiger partial charge is 0.395 e. The Kier molecular flexibility index (Phi) is 5.62. The average molecular weight is 296 g/mol. The molecular formula is C16H28N2O3. The fraction of sp³-hybridized carbons (Fsp3) is 0.875. The van der Waals surface area contributed by atoms with Gasteiger partial charge in [-0.2, -0.15) is 0 Å². The predicted molar refractivity (Wildman–Crippen MR) is 80.5 cm³/mol. The minimum atomic E-state index is -0.0322. The second kappa shape index (κ2) is 7.25. The third kappa shape index (κ3) is 4.70. The lowest BCUT2D eigenvalue weighted by molar-refractivity contribution is -0.136. The van der Waals surface area contributed by atoms with Gasteiger partial charge in [-0.1, -0.05) is 13.8 Å². The molecule has 0 saturated heterocycles. The number of aliphatic hydroxyl groups excluding tert-OH is 1. The second-order valence-electron chi connectivity index (χ2n) is 6.59. The molecule has 2 rings (SSSR count). The van der Waals surface area contributed by atoms with Crippen molar-refractivity contribution in [3.8, 4) is 0 Å². The summed E-state index contributed by atoms with van der Waals surface area (Å²) >= 11 is 0. The van der Waals surface area contributed by atoms with Crippen LogP contribution in [0.2, 0.25) is 0 Å². The molecule has 2 aliphatic rings. The molecule has 0 spiro atoms. The number of aliphatic hydroxyl groups is 1. The Balaban J connectivity index is 1.73. The maximum absolute atomic E-state index is 12.3. The third-order valence-corrected chi connectivity index (χ3v) is 4.82. The van der Waals surface area contributed by atoms with Gasteiger partial charge in [-0.3, -0.25) is 9.59 Å². The first-order chi connectivity index (χ1) is 10.0. The van der Waals surface area contributed by atoms with Crippen molar-refractivity contribution in [3.05, 3.63) is 0 Å². The van der Waals surface area contributed by atoms with E-state index in [9.17, 15) is 9.59 Å². The molecule has 2 N–H and O–H groups in total. The van der Waals surface area contributed by atoms with Crippen molar-refractivity contribution in [3.63, 3.8) is 0 Å². The van der Waals surface area contributed by atoms with E-state index in [1.54, 1.807) is 4.90 Å². The van der Waals surface area contributed by atoms with Gasteiger partial charge in [0.15, 0.2) is 0 Å². The zero-order valence-electron chi connectivity index (χ0n) is 13.2. The van der Waals surface area contributed by atoms with Crippen molar-refractivity contribution in [2.75, 3.05) is 26.2 Å². The van der Waals surface area contributed by atoms with Gasteiger partial charge in [-0.25, -0.2) is 0 Å². The summed E-state index contributed by atoms with van der Waals surface area (Å²) in [4.78, 5) is 26.0. The highest BCUT2D eigenvalue weighted by Crippen LogP contribution is 2.37. The van der Waals surface area contributed by atoms with Gasteiger partial charge >= 0.3 is 0 Å². The van der Waals surface area contributed by atoms with Crippen LogP contribution in [0, 0.1) is 23.7 Å². The van der Waals surface area contributed by atoms with E-state index in [2.05, 4.69) is 5.32 Å². The Hall–Kier alpha value is -1.10. The highest BCUT2D eigenvalue weighted by molar-refractivity contribution is 5.80. The summed E-state index contributed by atoms with van der Waals surface area (Å²) in [5.74, 6) is 1.38. The van der Waals surface area contributed by atoms with E-state index in [-0.39, 0.29) is 30.3 Å². The highest BCUT2D eigenvalue weighted by atomic mass is 16.3. The molecule has 2 unspecified atom stereocenters. The molecule has 0 bridgehead atoms. The van der Waals surface area contributed by atoms with E-state index in [1.807, 2.05) is 13.8 Å². The lowest BCUT2D eigenvalue weighted by Crippen LogP contribution is -2.43. The number of rotatable bonds is 9. The predicted octanol–water partition coefficient (Wildman–Crippen LogP) is 1.02. The Bertz CT molecular complexity index is 378. The normalized spacial score (nSPS) is 20.7. The lowest BCUT2D eigenvalue weighted by atomic mass is 10.0. The zero-order chi connectivity index (χ0) is 15.4. The van der Waals surface area contributed by atoms with Crippen molar-refractivity contribution in [2.45, 2.75) is 39.5 Å². The molecule has 2 fully saturated rings. The van der Waals surface area contributed by atoms with Crippen LogP contribution in [0.3, 0.4) is 0 Å². The van der Waals surface area contributed by atoms with Crippen LogP contribution in [-0.2, 0) is 9.59 Å². The molecule has 5 heteroatoms. The smallest absolute Gasteiger partial charge is 0.225 e. The van der Waals surface area contributed by atoms with Gasteiger partial charge in [0, 0.05) is 31.5 Å². The third-order valence-electron chi connectivity index (χ3n) is 4.82. The molecule has 0 aromatic rings. The first-order valence-electron chi connectivity index (χ1n) is 8.22. The molecule has 0 aromatic heterocycles. The average Bonchev–Trinajstić information content (AvgIpc) is 3.34. The Labute approximate surface area is 127 Å². The molecule has 2 atom stereocenters. The fourth-order valence-electron chi connectivity index (χ4n) is 2.82. The molecule has 120 valence electrons. The van der Waals surface area contributed by atoms with Crippen LogP contribution in [-0.4, -0.2) is 48.1 Å². The maximum Gasteiger partial charge on any atom is 0.225 e. The van der Waals surface area contributed by atoms with Crippen LogP contribution in [0.15, 0.2) is 0 Å².